The first kappa shape index (κ1) is 14.6. The van der Waals surface area contributed by atoms with Crippen molar-refractivity contribution in [2.24, 2.45) is 13.0 Å². The van der Waals surface area contributed by atoms with Gasteiger partial charge in [0.05, 0.1) is 6.20 Å². The molecule has 20 heavy (non-hydrogen) atoms. The quantitative estimate of drug-likeness (QED) is 0.884. The summed E-state index contributed by atoms with van der Waals surface area (Å²) in [6, 6.07) is -0.435. The molecular weight excluding hydrogens is 256 g/mol. The second kappa shape index (κ2) is 4.92. The van der Waals surface area contributed by atoms with Crippen molar-refractivity contribution in [1.29, 1.82) is 0 Å². The molecule has 6 heteroatoms. The zero-order valence-electron chi connectivity index (χ0n) is 12.7. The maximum atomic E-state index is 12.6. The van der Waals surface area contributed by atoms with Crippen LogP contribution in [0.2, 0.25) is 0 Å². The smallest absolute Gasteiger partial charge is 0.248 e. The summed E-state index contributed by atoms with van der Waals surface area (Å²) in [5, 5.41) is 6.92. The van der Waals surface area contributed by atoms with Crippen LogP contribution in [0.5, 0.6) is 0 Å². The maximum absolute atomic E-state index is 12.6. The number of carbonyl (C=O) groups excluding carboxylic acids is 2. The van der Waals surface area contributed by atoms with Gasteiger partial charge in [-0.3, -0.25) is 14.3 Å². The van der Waals surface area contributed by atoms with Gasteiger partial charge in [-0.15, -0.1) is 0 Å². The van der Waals surface area contributed by atoms with Crippen molar-refractivity contribution in [3.63, 3.8) is 0 Å². The Hall–Kier alpha value is -1.85. The standard InChI is InChI=1S/C14H22N4O2/c1-9(2)11-12(19)16-14(3,4)13(20)18(11)8-10-6-15-17(5)7-10/h6-7,9,11H,8H2,1-5H3,(H,16,19). The fraction of sp³-hybridized carbons (Fsp3) is 0.643. The molecule has 0 bridgehead atoms. The Bertz CT molecular complexity index is 533. The Labute approximate surface area is 119 Å². The van der Waals surface area contributed by atoms with Crippen LogP contribution in [0.15, 0.2) is 12.4 Å². The normalized spacial score (nSPS) is 22.3. The van der Waals surface area contributed by atoms with Gasteiger partial charge in [-0.1, -0.05) is 13.8 Å². The van der Waals surface area contributed by atoms with Gasteiger partial charge >= 0.3 is 0 Å². The minimum atomic E-state index is -0.856. The van der Waals surface area contributed by atoms with E-state index in [2.05, 4.69) is 10.4 Å². The van der Waals surface area contributed by atoms with E-state index in [0.29, 0.717) is 6.54 Å². The number of rotatable bonds is 3. The third kappa shape index (κ3) is 2.55. The molecule has 0 aliphatic carbocycles. The van der Waals surface area contributed by atoms with Crippen LogP contribution in [0.25, 0.3) is 0 Å². The van der Waals surface area contributed by atoms with E-state index in [1.807, 2.05) is 27.1 Å². The Balaban J connectivity index is 2.32. The zero-order chi connectivity index (χ0) is 15.1. The molecule has 0 spiro atoms. The third-order valence-electron chi connectivity index (χ3n) is 3.58. The minimum absolute atomic E-state index is 0.0559. The van der Waals surface area contributed by atoms with Crippen LogP contribution in [0.4, 0.5) is 0 Å². The van der Waals surface area contributed by atoms with Crippen LogP contribution in [0.3, 0.4) is 0 Å². The summed E-state index contributed by atoms with van der Waals surface area (Å²) >= 11 is 0. The number of aryl methyl sites for hydroxylation is 1. The molecule has 6 nitrogen and oxygen atoms in total. The first-order chi connectivity index (χ1) is 9.22. The number of hydrogen-bond acceptors (Lipinski definition) is 3. The highest BCUT2D eigenvalue weighted by molar-refractivity contribution is 5.99. The molecular formula is C14H22N4O2. The van der Waals surface area contributed by atoms with Gasteiger partial charge in [0, 0.05) is 25.4 Å². The summed E-state index contributed by atoms with van der Waals surface area (Å²) in [5.74, 6) is -0.0835. The molecule has 1 N–H and O–H groups in total. The van der Waals surface area contributed by atoms with E-state index >= 15 is 0 Å². The van der Waals surface area contributed by atoms with Gasteiger partial charge in [0.1, 0.15) is 11.6 Å². The SMILES string of the molecule is CC(C)C1C(=O)NC(C)(C)C(=O)N1Cc1cnn(C)c1. The van der Waals surface area contributed by atoms with Crippen molar-refractivity contribution >= 4 is 11.8 Å². The monoisotopic (exact) mass is 278 g/mol. The highest BCUT2D eigenvalue weighted by atomic mass is 16.2. The number of nitrogens with zero attached hydrogens (tertiary/aromatic N) is 3. The summed E-state index contributed by atoms with van der Waals surface area (Å²) in [5.41, 5.74) is 0.0713. The lowest BCUT2D eigenvalue weighted by Crippen LogP contribution is -2.68. The van der Waals surface area contributed by atoms with E-state index in [0.717, 1.165) is 5.56 Å². The fourth-order valence-corrected chi connectivity index (χ4v) is 2.65. The highest BCUT2D eigenvalue weighted by Crippen LogP contribution is 2.24. The average molecular weight is 278 g/mol. The van der Waals surface area contributed by atoms with Crippen LogP contribution in [0.1, 0.15) is 33.3 Å². The Kier molecular flexibility index (Phi) is 3.58. The average Bonchev–Trinajstić information content (AvgIpc) is 2.70. The van der Waals surface area contributed by atoms with Crippen LogP contribution in [-0.4, -0.2) is 38.1 Å². The topological polar surface area (TPSA) is 67.2 Å². The molecule has 0 saturated carbocycles. The van der Waals surface area contributed by atoms with Gasteiger partial charge in [-0.05, 0) is 19.8 Å². The van der Waals surface area contributed by atoms with Crippen molar-refractivity contribution < 1.29 is 9.59 Å². The molecule has 2 heterocycles. The van der Waals surface area contributed by atoms with Gasteiger partial charge in [0.2, 0.25) is 11.8 Å². The van der Waals surface area contributed by atoms with E-state index < -0.39 is 11.6 Å². The van der Waals surface area contributed by atoms with Crippen molar-refractivity contribution in [1.82, 2.24) is 20.0 Å². The Morgan fingerprint density at radius 2 is 2.05 bits per heavy atom. The van der Waals surface area contributed by atoms with Crippen LogP contribution < -0.4 is 5.32 Å². The molecule has 0 radical (unpaired) electrons. The molecule has 1 fully saturated rings. The van der Waals surface area contributed by atoms with Crippen molar-refractivity contribution in [2.45, 2.75) is 45.8 Å². The van der Waals surface area contributed by atoms with Gasteiger partial charge < -0.3 is 10.2 Å². The molecule has 2 rings (SSSR count). The maximum Gasteiger partial charge on any atom is 0.248 e. The first-order valence-corrected chi connectivity index (χ1v) is 6.83. The van der Waals surface area contributed by atoms with E-state index in [9.17, 15) is 9.59 Å². The van der Waals surface area contributed by atoms with Gasteiger partial charge in [0.25, 0.3) is 0 Å². The number of piperazine rings is 1. The minimum Gasteiger partial charge on any atom is -0.340 e. The second-order valence-corrected chi connectivity index (χ2v) is 6.26. The summed E-state index contributed by atoms with van der Waals surface area (Å²) in [6.07, 6.45) is 3.59. The number of hydrogen-bond donors (Lipinski definition) is 1. The number of amides is 2. The molecule has 1 atom stereocenters. The molecule has 0 aromatic carbocycles. The van der Waals surface area contributed by atoms with Crippen LogP contribution in [0, 0.1) is 5.92 Å². The highest BCUT2D eigenvalue weighted by Gasteiger charge is 2.46. The van der Waals surface area contributed by atoms with Crippen molar-refractivity contribution in [3.8, 4) is 0 Å². The van der Waals surface area contributed by atoms with Gasteiger partial charge in [-0.2, -0.15) is 5.10 Å². The predicted octanol–water partition coefficient (Wildman–Crippen LogP) is 0.682. The molecule has 1 aliphatic heterocycles. The molecule has 1 saturated heterocycles. The van der Waals surface area contributed by atoms with Crippen LogP contribution in [-0.2, 0) is 23.2 Å². The Morgan fingerprint density at radius 3 is 2.55 bits per heavy atom. The fourth-order valence-electron chi connectivity index (χ4n) is 2.65. The van der Waals surface area contributed by atoms with E-state index in [-0.39, 0.29) is 17.7 Å². The van der Waals surface area contributed by atoms with Crippen molar-refractivity contribution in [3.05, 3.63) is 18.0 Å². The number of nitrogens with one attached hydrogen (secondary N) is 1. The van der Waals surface area contributed by atoms with E-state index in [1.165, 1.54) is 0 Å². The van der Waals surface area contributed by atoms with Gasteiger partial charge in [0.15, 0.2) is 0 Å². The summed E-state index contributed by atoms with van der Waals surface area (Å²) in [4.78, 5) is 26.5. The zero-order valence-corrected chi connectivity index (χ0v) is 12.7. The second-order valence-electron chi connectivity index (χ2n) is 6.26. The number of aromatic nitrogens is 2. The molecule has 2 amide bonds. The summed E-state index contributed by atoms with van der Waals surface area (Å²) in [6.45, 7) is 7.78. The molecule has 110 valence electrons. The molecule has 1 aromatic heterocycles. The third-order valence-corrected chi connectivity index (χ3v) is 3.58. The largest absolute Gasteiger partial charge is 0.340 e. The molecule has 1 aromatic rings. The number of carbonyl (C=O) groups is 2. The summed E-state index contributed by atoms with van der Waals surface area (Å²) < 4.78 is 1.69. The van der Waals surface area contributed by atoms with Gasteiger partial charge in [-0.25, -0.2) is 0 Å². The first-order valence-electron chi connectivity index (χ1n) is 6.83. The van der Waals surface area contributed by atoms with E-state index in [1.54, 1.807) is 29.6 Å². The Morgan fingerprint density at radius 1 is 1.40 bits per heavy atom. The van der Waals surface area contributed by atoms with Crippen molar-refractivity contribution in [2.75, 3.05) is 0 Å². The van der Waals surface area contributed by atoms with E-state index in [4.69, 9.17) is 0 Å². The lowest BCUT2D eigenvalue weighted by Gasteiger charge is -2.44. The molecule has 1 aliphatic rings. The molecule has 1 unspecified atom stereocenters. The van der Waals surface area contributed by atoms with Crippen LogP contribution >= 0.6 is 0 Å². The predicted molar refractivity (Wildman–Crippen MR) is 74.6 cm³/mol. The summed E-state index contributed by atoms with van der Waals surface area (Å²) in [7, 11) is 1.83. The lowest BCUT2D eigenvalue weighted by molar-refractivity contribution is -0.156. The lowest BCUT2D eigenvalue weighted by atomic mass is 9.91.